The Labute approximate surface area is 98.0 Å². The first kappa shape index (κ1) is 13.5. The van der Waals surface area contributed by atoms with Crippen molar-refractivity contribution in [2.24, 2.45) is 0 Å². The molecule has 1 aliphatic heterocycles. The van der Waals surface area contributed by atoms with E-state index in [4.69, 9.17) is 5.11 Å². The van der Waals surface area contributed by atoms with Crippen molar-refractivity contribution >= 4 is 5.97 Å². The average Bonchev–Trinajstić information content (AvgIpc) is 2.21. The second-order valence-corrected chi connectivity index (χ2v) is 5.00. The minimum atomic E-state index is -0.714. The minimum Gasteiger partial charge on any atom is -0.481 e. The van der Waals surface area contributed by atoms with Gasteiger partial charge in [0, 0.05) is 24.5 Å². The largest absolute Gasteiger partial charge is 0.481 e. The third-order valence-electron chi connectivity index (χ3n) is 3.35. The van der Waals surface area contributed by atoms with Crippen LogP contribution in [0.4, 0.5) is 0 Å². The van der Waals surface area contributed by atoms with Gasteiger partial charge in [-0.05, 0) is 40.0 Å². The van der Waals surface area contributed by atoms with E-state index in [1.807, 2.05) is 0 Å². The molecule has 0 spiro atoms. The molecule has 2 N–H and O–H groups in total. The van der Waals surface area contributed by atoms with Crippen LogP contribution in [0.15, 0.2) is 0 Å². The maximum absolute atomic E-state index is 10.5. The van der Waals surface area contributed by atoms with Crippen molar-refractivity contribution in [1.29, 1.82) is 0 Å². The lowest BCUT2D eigenvalue weighted by Crippen LogP contribution is -2.54. The number of hydrogen-bond donors (Lipinski definition) is 2. The zero-order valence-corrected chi connectivity index (χ0v) is 10.6. The Bertz CT molecular complexity index is 223. The summed E-state index contributed by atoms with van der Waals surface area (Å²) in [6.45, 7) is 6.51. The van der Waals surface area contributed by atoms with Gasteiger partial charge in [-0.2, -0.15) is 0 Å². The molecule has 16 heavy (non-hydrogen) atoms. The monoisotopic (exact) mass is 228 g/mol. The van der Waals surface area contributed by atoms with Gasteiger partial charge in [0.05, 0.1) is 0 Å². The molecule has 0 saturated carbocycles. The summed E-state index contributed by atoms with van der Waals surface area (Å²) in [5, 5.41) is 10.9. The van der Waals surface area contributed by atoms with Gasteiger partial charge in [0.2, 0.25) is 0 Å². The van der Waals surface area contributed by atoms with Crippen LogP contribution >= 0.6 is 0 Å². The highest BCUT2D eigenvalue weighted by Crippen LogP contribution is 2.20. The van der Waals surface area contributed by atoms with E-state index in [-0.39, 0.29) is 12.5 Å². The van der Waals surface area contributed by atoms with Crippen molar-refractivity contribution in [2.45, 2.75) is 71.0 Å². The van der Waals surface area contributed by atoms with Crippen molar-refractivity contribution in [3.63, 3.8) is 0 Å². The van der Waals surface area contributed by atoms with E-state index in [0.29, 0.717) is 18.5 Å². The Morgan fingerprint density at radius 2 is 2.00 bits per heavy atom. The molecular weight excluding hydrogens is 204 g/mol. The van der Waals surface area contributed by atoms with E-state index in [0.717, 1.165) is 0 Å². The quantitative estimate of drug-likeness (QED) is 0.755. The van der Waals surface area contributed by atoms with E-state index in [1.54, 1.807) is 0 Å². The molecule has 0 radical (unpaired) electrons. The van der Waals surface area contributed by atoms with Crippen LogP contribution in [0.3, 0.4) is 0 Å². The predicted molar refractivity (Wildman–Crippen MR) is 64.1 cm³/mol. The molecule has 3 atom stereocenters. The highest BCUT2D eigenvalue weighted by Gasteiger charge is 2.25. The predicted octanol–water partition coefficient (Wildman–Crippen LogP) is 2.01. The molecule has 3 unspecified atom stereocenters. The standard InChI is InChI=1S/C12H24N2O2/c1-9(7-8-12(15)16)13-14-10(2)5-4-6-11(14)3/h9-11,13H,4-8H2,1-3H3,(H,15,16). The third-order valence-corrected chi connectivity index (χ3v) is 3.35. The highest BCUT2D eigenvalue weighted by molar-refractivity contribution is 5.66. The lowest BCUT2D eigenvalue weighted by Gasteiger charge is -2.40. The van der Waals surface area contributed by atoms with Gasteiger partial charge < -0.3 is 5.11 Å². The summed E-state index contributed by atoms with van der Waals surface area (Å²) in [6, 6.07) is 1.34. The number of aliphatic carboxylic acids is 1. The molecular formula is C12H24N2O2. The molecule has 1 heterocycles. The Hall–Kier alpha value is -0.610. The maximum Gasteiger partial charge on any atom is 0.303 e. The van der Waals surface area contributed by atoms with Crippen molar-refractivity contribution in [1.82, 2.24) is 10.4 Å². The van der Waals surface area contributed by atoms with E-state index in [9.17, 15) is 4.79 Å². The summed E-state index contributed by atoms with van der Waals surface area (Å²) >= 11 is 0. The van der Waals surface area contributed by atoms with Crippen molar-refractivity contribution in [3.05, 3.63) is 0 Å². The van der Waals surface area contributed by atoms with Crippen LogP contribution in [0.25, 0.3) is 0 Å². The third kappa shape index (κ3) is 4.10. The van der Waals surface area contributed by atoms with Gasteiger partial charge in [-0.3, -0.25) is 10.2 Å². The Kier molecular flexibility index (Phi) is 5.22. The maximum atomic E-state index is 10.5. The second-order valence-electron chi connectivity index (χ2n) is 5.00. The number of carboxylic acid groups (broad SMARTS) is 1. The van der Waals surface area contributed by atoms with Crippen LogP contribution in [0.1, 0.15) is 52.9 Å². The second kappa shape index (κ2) is 6.21. The molecule has 1 rings (SSSR count). The minimum absolute atomic E-state index is 0.235. The fourth-order valence-electron chi connectivity index (χ4n) is 2.33. The molecule has 0 aromatic carbocycles. The molecule has 1 aliphatic rings. The number of hydrazine groups is 1. The first-order chi connectivity index (χ1) is 7.50. The fourth-order valence-corrected chi connectivity index (χ4v) is 2.33. The number of piperidine rings is 1. The molecule has 0 aromatic rings. The van der Waals surface area contributed by atoms with Crippen LogP contribution < -0.4 is 5.43 Å². The van der Waals surface area contributed by atoms with Crippen molar-refractivity contribution < 1.29 is 9.90 Å². The Morgan fingerprint density at radius 1 is 1.44 bits per heavy atom. The van der Waals surface area contributed by atoms with Gasteiger partial charge in [-0.1, -0.05) is 6.42 Å². The first-order valence-corrected chi connectivity index (χ1v) is 6.27. The van der Waals surface area contributed by atoms with Gasteiger partial charge >= 0.3 is 5.97 Å². The van der Waals surface area contributed by atoms with Gasteiger partial charge in [-0.15, -0.1) is 0 Å². The van der Waals surface area contributed by atoms with E-state index in [1.165, 1.54) is 19.3 Å². The topological polar surface area (TPSA) is 52.6 Å². The van der Waals surface area contributed by atoms with Crippen LogP contribution in [-0.2, 0) is 4.79 Å². The number of carbonyl (C=O) groups is 1. The van der Waals surface area contributed by atoms with Gasteiger partial charge in [0.15, 0.2) is 0 Å². The summed E-state index contributed by atoms with van der Waals surface area (Å²) < 4.78 is 0. The molecule has 4 heteroatoms. The summed E-state index contributed by atoms with van der Waals surface area (Å²) in [5.41, 5.74) is 3.44. The lowest BCUT2D eigenvalue weighted by atomic mass is 9.99. The van der Waals surface area contributed by atoms with Crippen LogP contribution in [0, 0.1) is 0 Å². The van der Waals surface area contributed by atoms with E-state index >= 15 is 0 Å². The average molecular weight is 228 g/mol. The van der Waals surface area contributed by atoms with E-state index in [2.05, 4.69) is 31.2 Å². The Morgan fingerprint density at radius 3 is 2.50 bits per heavy atom. The van der Waals surface area contributed by atoms with E-state index < -0.39 is 5.97 Å². The summed E-state index contributed by atoms with van der Waals surface area (Å²) in [4.78, 5) is 10.5. The van der Waals surface area contributed by atoms with Gasteiger partial charge in [-0.25, -0.2) is 5.01 Å². The van der Waals surface area contributed by atoms with Gasteiger partial charge in [0.25, 0.3) is 0 Å². The molecule has 0 bridgehead atoms. The Balaban J connectivity index is 2.35. The zero-order chi connectivity index (χ0) is 12.1. The molecule has 94 valence electrons. The normalized spacial score (nSPS) is 28.9. The van der Waals surface area contributed by atoms with Crippen molar-refractivity contribution in [3.8, 4) is 0 Å². The first-order valence-electron chi connectivity index (χ1n) is 6.27. The number of nitrogens with one attached hydrogen (secondary N) is 1. The lowest BCUT2D eigenvalue weighted by molar-refractivity contribution is -0.137. The number of hydrogen-bond acceptors (Lipinski definition) is 3. The molecule has 4 nitrogen and oxygen atoms in total. The summed E-state index contributed by atoms with van der Waals surface area (Å²) in [5.74, 6) is -0.714. The molecule has 0 aliphatic carbocycles. The molecule has 1 fully saturated rings. The molecule has 1 saturated heterocycles. The van der Waals surface area contributed by atoms with Crippen molar-refractivity contribution in [2.75, 3.05) is 0 Å². The molecule has 0 aromatic heterocycles. The van der Waals surface area contributed by atoms with Crippen LogP contribution in [-0.4, -0.2) is 34.2 Å². The zero-order valence-electron chi connectivity index (χ0n) is 10.6. The summed E-state index contributed by atoms with van der Waals surface area (Å²) in [7, 11) is 0. The van der Waals surface area contributed by atoms with Gasteiger partial charge in [0.1, 0.15) is 0 Å². The highest BCUT2D eigenvalue weighted by atomic mass is 16.4. The van der Waals surface area contributed by atoms with Crippen LogP contribution in [0.2, 0.25) is 0 Å². The SMILES string of the molecule is CC(CCC(=O)O)NN1C(C)CCCC1C. The summed E-state index contributed by atoms with van der Waals surface area (Å²) in [6.07, 6.45) is 4.67. The smallest absolute Gasteiger partial charge is 0.303 e. The number of carboxylic acids is 1. The fraction of sp³-hybridized carbons (Fsp3) is 0.917. The number of rotatable bonds is 5. The number of nitrogens with zero attached hydrogens (tertiary/aromatic N) is 1. The van der Waals surface area contributed by atoms with Crippen LogP contribution in [0.5, 0.6) is 0 Å². The molecule has 0 amide bonds.